The molecule has 0 aliphatic carbocycles. The Balaban J connectivity index is 1.77. The smallest absolute Gasteiger partial charge is 0.326 e. The van der Waals surface area contributed by atoms with E-state index in [2.05, 4.69) is 0 Å². The fourth-order valence-electron chi connectivity index (χ4n) is 3.04. The fraction of sp³-hybridized carbons (Fsp3) is 0.292. The first-order valence-corrected chi connectivity index (χ1v) is 12.0. The van der Waals surface area contributed by atoms with Crippen LogP contribution in [0.1, 0.15) is 31.9 Å². The van der Waals surface area contributed by atoms with Crippen molar-refractivity contribution in [2.45, 2.75) is 33.5 Å². The Hall–Kier alpha value is -2.68. The van der Waals surface area contributed by atoms with Gasteiger partial charge in [0.15, 0.2) is 11.5 Å². The molecule has 0 radical (unpaired) electrons. The molecule has 2 aromatic carbocycles. The van der Waals surface area contributed by atoms with Crippen LogP contribution < -0.4 is 9.47 Å². The van der Waals surface area contributed by atoms with E-state index in [1.807, 2.05) is 6.92 Å². The van der Waals surface area contributed by atoms with Gasteiger partial charge in [-0.3, -0.25) is 19.3 Å². The molecular formula is C24H23Cl2NO6S. The highest BCUT2D eigenvalue weighted by atomic mass is 35.5. The Bertz CT molecular complexity index is 1110. The van der Waals surface area contributed by atoms with Crippen LogP contribution in [0, 0.1) is 0 Å². The van der Waals surface area contributed by atoms with Crippen molar-refractivity contribution in [1.29, 1.82) is 0 Å². The number of hydrogen-bond donors (Lipinski definition) is 0. The van der Waals surface area contributed by atoms with Crippen molar-refractivity contribution in [3.63, 3.8) is 0 Å². The van der Waals surface area contributed by atoms with Crippen LogP contribution in [0.15, 0.2) is 41.3 Å². The lowest BCUT2D eigenvalue weighted by Crippen LogP contribution is -2.35. The maximum Gasteiger partial charge on any atom is 0.326 e. The summed E-state index contributed by atoms with van der Waals surface area (Å²) in [6, 6.07) is 10.3. The molecular weight excluding hydrogens is 501 g/mol. The predicted octanol–water partition coefficient (Wildman–Crippen LogP) is 5.96. The summed E-state index contributed by atoms with van der Waals surface area (Å²) in [5, 5.41) is 0.462. The third-order valence-electron chi connectivity index (χ3n) is 4.53. The Kier molecular flexibility index (Phi) is 8.88. The van der Waals surface area contributed by atoms with Crippen molar-refractivity contribution in [1.82, 2.24) is 4.90 Å². The lowest BCUT2D eigenvalue weighted by Gasteiger charge is -2.14. The maximum absolute atomic E-state index is 12.7. The Morgan fingerprint density at radius 2 is 1.79 bits per heavy atom. The molecule has 1 saturated heterocycles. The lowest BCUT2D eigenvalue weighted by atomic mass is 10.1. The van der Waals surface area contributed by atoms with Crippen LogP contribution in [0.4, 0.5) is 4.79 Å². The zero-order valence-electron chi connectivity index (χ0n) is 18.8. The highest BCUT2D eigenvalue weighted by Crippen LogP contribution is 2.35. The van der Waals surface area contributed by atoms with Gasteiger partial charge in [-0.25, -0.2) is 0 Å². The van der Waals surface area contributed by atoms with Crippen LogP contribution in [0.25, 0.3) is 6.08 Å². The van der Waals surface area contributed by atoms with Gasteiger partial charge in [0.25, 0.3) is 11.1 Å². The number of carbonyl (C=O) groups excluding carboxylic acids is 3. The molecule has 0 spiro atoms. The standard InChI is InChI=1S/C24H23Cl2NO6S/c1-4-31-20-10-15(8-9-19(20)32-13-16-17(25)6-5-7-18(16)26)11-21-23(29)27(24(30)34-21)12-22(28)33-14(2)3/h5-11,14H,4,12-13H2,1-3H3/b21-11-. The average Bonchev–Trinajstić information content (AvgIpc) is 3.01. The number of carbonyl (C=O) groups is 3. The molecule has 34 heavy (non-hydrogen) atoms. The molecule has 0 bridgehead atoms. The van der Waals surface area contributed by atoms with Crippen LogP contribution in [-0.4, -0.2) is 41.3 Å². The highest BCUT2D eigenvalue weighted by molar-refractivity contribution is 8.18. The normalized spacial score (nSPS) is 14.8. The second kappa shape index (κ2) is 11.6. The van der Waals surface area contributed by atoms with E-state index in [4.69, 9.17) is 37.4 Å². The molecule has 1 aliphatic rings. The van der Waals surface area contributed by atoms with Crippen molar-refractivity contribution < 1.29 is 28.6 Å². The second-order valence-electron chi connectivity index (χ2n) is 7.43. The van der Waals surface area contributed by atoms with E-state index in [0.29, 0.717) is 39.3 Å². The summed E-state index contributed by atoms with van der Waals surface area (Å²) in [6.45, 7) is 5.32. The first kappa shape index (κ1) is 25.9. The third kappa shape index (κ3) is 6.46. The van der Waals surface area contributed by atoms with E-state index < -0.39 is 23.7 Å². The average molecular weight is 524 g/mol. The van der Waals surface area contributed by atoms with E-state index in [9.17, 15) is 14.4 Å². The van der Waals surface area contributed by atoms with Crippen molar-refractivity contribution >= 4 is 58.2 Å². The van der Waals surface area contributed by atoms with Gasteiger partial charge in [0.1, 0.15) is 13.2 Å². The largest absolute Gasteiger partial charge is 0.490 e. The van der Waals surface area contributed by atoms with Crippen molar-refractivity contribution in [3.8, 4) is 11.5 Å². The van der Waals surface area contributed by atoms with Gasteiger partial charge >= 0.3 is 5.97 Å². The van der Waals surface area contributed by atoms with Gasteiger partial charge in [-0.15, -0.1) is 0 Å². The lowest BCUT2D eigenvalue weighted by molar-refractivity contribution is -0.149. The van der Waals surface area contributed by atoms with Crippen molar-refractivity contribution in [2.24, 2.45) is 0 Å². The number of nitrogens with zero attached hydrogens (tertiary/aromatic N) is 1. The van der Waals surface area contributed by atoms with Gasteiger partial charge in [0, 0.05) is 15.6 Å². The van der Waals surface area contributed by atoms with E-state index in [1.165, 1.54) is 0 Å². The first-order chi connectivity index (χ1) is 16.2. The van der Waals surface area contributed by atoms with Crippen LogP contribution >= 0.6 is 35.0 Å². The number of halogens is 2. The molecule has 2 aromatic rings. The number of thioether (sulfide) groups is 1. The summed E-state index contributed by atoms with van der Waals surface area (Å²) in [7, 11) is 0. The summed E-state index contributed by atoms with van der Waals surface area (Å²) in [6.07, 6.45) is 1.23. The molecule has 7 nitrogen and oxygen atoms in total. The monoisotopic (exact) mass is 523 g/mol. The van der Waals surface area contributed by atoms with Gasteiger partial charge in [-0.1, -0.05) is 35.3 Å². The Morgan fingerprint density at radius 1 is 1.09 bits per heavy atom. The second-order valence-corrected chi connectivity index (χ2v) is 9.24. The van der Waals surface area contributed by atoms with Crippen molar-refractivity contribution in [3.05, 3.63) is 62.5 Å². The summed E-state index contributed by atoms with van der Waals surface area (Å²) >= 11 is 13.2. The van der Waals surface area contributed by atoms with E-state index >= 15 is 0 Å². The predicted molar refractivity (Wildman–Crippen MR) is 132 cm³/mol. The number of benzene rings is 2. The van der Waals surface area contributed by atoms with Gasteiger partial charge in [-0.05, 0) is 68.4 Å². The fourth-order valence-corrected chi connectivity index (χ4v) is 4.38. The number of esters is 1. The molecule has 2 amide bonds. The molecule has 10 heteroatoms. The molecule has 0 atom stereocenters. The zero-order chi connectivity index (χ0) is 24.8. The van der Waals surface area contributed by atoms with Gasteiger partial charge in [0.05, 0.1) is 17.6 Å². The van der Waals surface area contributed by atoms with Crippen LogP contribution in [0.5, 0.6) is 11.5 Å². The van der Waals surface area contributed by atoms with Crippen molar-refractivity contribution in [2.75, 3.05) is 13.2 Å². The molecule has 1 aliphatic heterocycles. The minimum Gasteiger partial charge on any atom is -0.490 e. The third-order valence-corrected chi connectivity index (χ3v) is 6.14. The number of imide groups is 1. The number of hydrogen-bond acceptors (Lipinski definition) is 7. The minimum absolute atomic E-state index is 0.142. The van der Waals surface area contributed by atoms with Crippen LogP contribution in [0.3, 0.4) is 0 Å². The highest BCUT2D eigenvalue weighted by Gasteiger charge is 2.36. The molecule has 3 rings (SSSR count). The van der Waals surface area contributed by atoms with Gasteiger partial charge < -0.3 is 14.2 Å². The quantitative estimate of drug-likeness (QED) is 0.296. The SMILES string of the molecule is CCOc1cc(/C=C2\SC(=O)N(CC(=O)OC(C)C)C2=O)ccc1OCc1c(Cl)cccc1Cl. The Morgan fingerprint density at radius 3 is 2.44 bits per heavy atom. The van der Waals surface area contributed by atoms with Gasteiger partial charge in [0.2, 0.25) is 0 Å². The van der Waals surface area contributed by atoms with E-state index in [0.717, 1.165) is 16.7 Å². The number of ether oxygens (including phenoxy) is 3. The number of amides is 2. The summed E-state index contributed by atoms with van der Waals surface area (Å²) in [5.41, 5.74) is 1.28. The molecule has 0 unspecified atom stereocenters. The summed E-state index contributed by atoms with van der Waals surface area (Å²) < 4.78 is 16.6. The van der Waals surface area contributed by atoms with Crippen LogP contribution in [0.2, 0.25) is 10.0 Å². The van der Waals surface area contributed by atoms with Crippen LogP contribution in [-0.2, 0) is 20.9 Å². The van der Waals surface area contributed by atoms with E-state index in [-0.39, 0.29) is 17.6 Å². The number of rotatable bonds is 9. The molecule has 0 aromatic heterocycles. The maximum atomic E-state index is 12.7. The molecule has 1 fully saturated rings. The molecule has 0 saturated carbocycles. The molecule has 0 N–H and O–H groups in total. The minimum atomic E-state index is -0.641. The Labute approximate surface area is 211 Å². The topological polar surface area (TPSA) is 82.1 Å². The van der Waals surface area contributed by atoms with E-state index in [1.54, 1.807) is 56.3 Å². The molecule has 1 heterocycles. The first-order valence-electron chi connectivity index (χ1n) is 10.5. The summed E-state index contributed by atoms with van der Waals surface area (Å²) in [5.74, 6) is -0.265. The summed E-state index contributed by atoms with van der Waals surface area (Å²) in [4.78, 5) is 37.9. The zero-order valence-corrected chi connectivity index (χ0v) is 21.1. The van der Waals surface area contributed by atoms with Gasteiger partial charge in [-0.2, -0.15) is 0 Å². The molecule has 180 valence electrons.